The Bertz CT molecular complexity index is 248. The van der Waals surface area contributed by atoms with Gasteiger partial charge >= 0.3 is 0 Å². The molecular formula is C9H14N2O2. The van der Waals surface area contributed by atoms with Crippen molar-refractivity contribution in [3.63, 3.8) is 0 Å². The van der Waals surface area contributed by atoms with E-state index < -0.39 is 0 Å². The lowest BCUT2D eigenvalue weighted by Crippen LogP contribution is -2.42. The topological polar surface area (TPSA) is 40.6 Å². The maximum absolute atomic E-state index is 11.4. The van der Waals surface area contributed by atoms with E-state index >= 15 is 0 Å². The van der Waals surface area contributed by atoms with E-state index in [0.717, 1.165) is 19.4 Å². The van der Waals surface area contributed by atoms with Gasteiger partial charge in [0.15, 0.2) is 0 Å². The van der Waals surface area contributed by atoms with Crippen LogP contribution >= 0.6 is 0 Å². The molecule has 2 fully saturated rings. The molecule has 4 heteroatoms. The van der Waals surface area contributed by atoms with Crippen LogP contribution in [0.3, 0.4) is 0 Å². The van der Waals surface area contributed by atoms with Gasteiger partial charge in [0.1, 0.15) is 5.78 Å². The molecular weight excluding hydrogens is 168 g/mol. The summed E-state index contributed by atoms with van der Waals surface area (Å²) < 4.78 is 0. The van der Waals surface area contributed by atoms with Crippen molar-refractivity contribution < 1.29 is 9.59 Å². The van der Waals surface area contributed by atoms with Crippen molar-refractivity contribution in [1.82, 2.24) is 10.0 Å². The van der Waals surface area contributed by atoms with E-state index in [-0.39, 0.29) is 11.7 Å². The maximum atomic E-state index is 11.4. The Hall–Kier alpha value is -0.900. The van der Waals surface area contributed by atoms with Gasteiger partial charge < -0.3 is 0 Å². The predicted molar refractivity (Wildman–Crippen MR) is 46.7 cm³/mol. The van der Waals surface area contributed by atoms with Gasteiger partial charge in [0.05, 0.1) is 6.54 Å². The van der Waals surface area contributed by atoms with Crippen LogP contribution in [0.5, 0.6) is 0 Å². The lowest BCUT2D eigenvalue weighted by Gasteiger charge is -2.26. The molecule has 0 radical (unpaired) electrons. The van der Waals surface area contributed by atoms with Gasteiger partial charge in [-0.25, -0.2) is 5.01 Å². The molecule has 1 saturated heterocycles. The largest absolute Gasteiger partial charge is 0.298 e. The number of amides is 1. The molecule has 13 heavy (non-hydrogen) atoms. The molecule has 2 rings (SSSR count). The zero-order chi connectivity index (χ0) is 9.42. The zero-order valence-electron chi connectivity index (χ0n) is 7.82. The highest BCUT2D eigenvalue weighted by Crippen LogP contribution is 2.31. The number of carbonyl (C=O) groups is 2. The fourth-order valence-electron chi connectivity index (χ4n) is 1.77. The lowest BCUT2D eigenvalue weighted by atomic mass is 10.4. The molecule has 1 aliphatic heterocycles. The highest BCUT2D eigenvalue weighted by molar-refractivity contribution is 5.81. The summed E-state index contributed by atoms with van der Waals surface area (Å²) in [6.07, 6.45) is 2.77. The molecule has 1 heterocycles. The summed E-state index contributed by atoms with van der Waals surface area (Å²) in [5.41, 5.74) is 0. The first kappa shape index (κ1) is 8.69. The average molecular weight is 182 g/mol. The van der Waals surface area contributed by atoms with Gasteiger partial charge in [-0.3, -0.25) is 14.6 Å². The molecule has 0 aromatic carbocycles. The molecule has 1 amide bonds. The van der Waals surface area contributed by atoms with Gasteiger partial charge in [0.25, 0.3) is 0 Å². The molecule has 1 saturated carbocycles. The third-order valence-electron chi connectivity index (χ3n) is 2.44. The van der Waals surface area contributed by atoms with Crippen LogP contribution in [0.2, 0.25) is 0 Å². The molecule has 0 aromatic rings. The smallest absolute Gasteiger partial charge is 0.238 e. The van der Waals surface area contributed by atoms with Gasteiger partial charge in [0, 0.05) is 19.0 Å². The number of hydrazine groups is 1. The summed E-state index contributed by atoms with van der Waals surface area (Å²) in [5.74, 6) is 0.309. The molecule has 72 valence electrons. The van der Waals surface area contributed by atoms with E-state index in [4.69, 9.17) is 0 Å². The summed E-state index contributed by atoms with van der Waals surface area (Å²) in [6, 6.07) is 0.398. The molecule has 2 aliphatic rings. The maximum Gasteiger partial charge on any atom is 0.238 e. The first-order valence-electron chi connectivity index (χ1n) is 4.75. The van der Waals surface area contributed by atoms with Crippen molar-refractivity contribution >= 4 is 11.7 Å². The molecule has 0 bridgehead atoms. The van der Waals surface area contributed by atoms with E-state index in [1.165, 1.54) is 0 Å². The van der Waals surface area contributed by atoms with Crippen molar-refractivity contribution in [2.75, 3.05) is 13.1 Å². The Morgan fingerprint density at radius 1 is 1.54 bits per heavy atom. The number of carbonyl (C=O) groups excluding carboxylic acids is 2. The second kappa shape index (κ2) is 3.10. The first-order chi connectivity index (χ1) is 6.18. The van der Waals surface area contributed by atoms with Crippen LogP contribution < -0.4 is 0 Å². The van der Waals surface area contributed by atoms with Crippen LogP contribution in [0.1, 0.15) is 26.2 Å². The minimum atomic E-state index is 0.125. The number of hydrogen-bond donors (Lipinski definition) is 0. The van der Waals surface area contributed by atoms with Crippen LogP contribution in [-0.2, 0) is 9.59 Å². The normalized spacial score (nSPS) is 24.1. The Labute approximate surface area is 77.5 Å². The molecule has 0 N–H and O–H groups in total. The molecule has 0 spiro atoms. The summed E-state index contributed by atoms with van der Waals surface area (Å²) >= 11 is 0. The van der Waals surface area contributed by atoms with E-state index in [1.807, 2.05) is 5.01 Å². The quantitative estimate of drug-likeness (QED) is 0.625. The van der Waals surface area contributed by atoms with Gasteiger partial charge in [0.2, 0.25) is 5.91 Å². The number of rotatable bonds is 3. The molecule has 0 atom stereocenters. The third kappa shape index (κ3) is 1.72. The fraction of sp³-hybridized carbons (Fsp3) is 0.778. The SMILES string of the molecule is CC(=O)CN1CCC(=O)N1C1CC1. The van der Waals surface area contributed by atoms with E-state index in [2.05, 4.69) is 0 Å². The molecule has 4 nitrogen and oxygen atoms in total. The van der Waals surface area contributed by atoms with Crippen LogP contribution in [0.25, 0.3) is 0 Å². The molecule has 0 unspecified atom stereocenters. The Morgan fingerprint density at radius 2 is 2.23 bits per heavy atom. The van der Waals surface area contributed by atoms with Gasteiger partial charge in [-0.2, -0.15) is 0 Å². The minimum Gasteiger partial charge on any atom is -0.298 e. The third-order valence-corrected chi connectivity index (χ3v) is 2.44. The highest BCUT2D eigenvalue weighted by Gasteiger charge is 2.40. The Morgan fingerprint density at radius 3 is 2.77 bits per heavy atom. The van der Waals surface area contributed by atoms with E-state index in [0.29, 0.717) is 19.0 Å². The summed E-state index contributed by atoms with van der Waals surface area (Å²) in [4.78, 5) is 22.3. The van der Waals surface area contributed by atoms with Crippen LogP contribution in [0.15, 0.2) is 0 Å². The zero-order valence-corrected chi connectivity index (χ0v) is 7.82. The van der Waals surface area contributed by atoms with Gasteiger partial charge in [-0.05, 0) is 19.8 Å². The first-order valence-corrected chi connectivity index (χ1v) is 4.75. The number of Topliss-reactive ketones (excluding diaryl/α,β-unsaturated/α-hetero) is 1. The number of ketones is 1. The van der Waals surface area contributed by atoms with Crippen LogP contribution in [-0.4, -0.2) is 40.8 Å². The summed E-state index contributed by atoms with van der Waals surface area (Å²) in [7, 11) is 0. The number of nitrogens with zero attached hydrogens (tertiary/aromatic N) is 2. The second-order valence-corrected chi connectivity index (χ2v) is 3.81. The highest BCUT2D eigenvalue weighted by atomic mass is 16.2. The minimum absolute atomic E-state index is 0.125. The van der Waals surface area contributed by atoms with Crippen LogP contribution in [0.4, 0.5) is 0 Å². The summed E-state index contributed by atoms with van der Waals surface area (Å²) in [6.45, 7) is 2.67. The lowest BCUT2D eigenvalue weighted by molar-refractivity contribution is -0.140. The van der Waals surface area contributed by atoms with Crippen molar-refractivity contribution in [2.45, 2.75) is 32.2 Å². The van der Waals surface area contributed by atoms with Crippen molar-refractivity contribution in [3.05, 3.63) is 0 Å². The fourth-order valence-corrected chi connectivity index (χ4v) is 1.77. The summed E-state index contributed by atoms with van der Waals surface area (Å²) in [5, 5.41) is 3.68. The van der Waals surface area contributed by atoms with Crippen molar-refractivity contribution in [3.8, 4) is 0 Å². The standard InChI is InChI=1S/C9H14N2O2/c1-7(12)6-10-5-4-9(13)11(10)8-2-3-8/h8H,2-6H2,1H3. The average Bonchev–Trinajstić information content (AvgIpc) is 2.79. The monoisotopic (exact) mass is 182 g/mol. The van der Waals surface area contributed by atoms with E-state index in [9.17, 15) is 9.59 Å². The Kier molecular flexibility index (Phi) is 2.07. The van der Waals surface area contributed by atoms with Crippen molar-refractivity contribution in [1.29, 1.82) is 0 Å². The molecule has 0 aromatic heterocycles. The van der Waals surface area contributed by atoms with Crippen molar-refractivity contribution in [2.24, 2.45) is 0 Å². The predicted octanol–water partition coefficient (Wildman–Crippen LogP) is 0.187. The van der Waals surface area contributed by atoms with Crippen LogP contribution in [0, 0.1) is 0 Å². The second-order valence-electron chi connectivity index (χ2n) is 3.81. The van der Waals surface area contributed by atoms with Gasteiger partial charge in [-0.1, -0.05) is 0 Å². The number of hydrogen-bond acceptors (Lipinski definition) is 3. The van der Waals surface area contributed by atoms with E-state index in [1.54, 1.807) is 11.9 Å². The Balaban J connectivity index is 2.01. The molecule has 1 aliphatic carbocycles. The van der Waals surface area contributed by atoms with Gasteiger partial charge in [-0.15, -0.1) is 0 Å².